The van der Waals surface area contributed by atoms with Crippen LogP contribution in [0.25, 0.3) is 0 Å². The molecule has 1 fully saturated rings. The highest BCUT2D eigenvalue weighted by Gasteiger charge is 2.18. The minimum Gasteiger partial charge on any atom is -0.376 e. The maximum absolute atomic E-state index is 12.2. The topological polar surface area (TPSA) is 106 Å². The van der Waals surface area contributed by atoms with E-state index >= 15 is 0 Å². The van der Waals surface area contributed by atoms with Crippen molar-refractivity contribution in [2.24, 2.45) is 0 Å². The standard InChI is InChI=1S/C16H18N4O4/c1-10-7-14(20-24-10)19-15(21)11-4-5-17-13(8-11)16(22)18-9-12-3-2-6-23-12/h4-5,7-8,12H,2-3,6,9H2,1H3,(H,18,22)(H,19,20,21). The third-order valence-corrected chi connectivity index (χ3v) is 3.64. The van der Waals surface area contributed by atoms with E-state index in [2.05, 4.69) is 20.8 Å². The number of nitrogens with zero attached hydrogens (tertiary/aromatic N) is 2. The summed E-state index contributed by atoms with van der Waals surface area (Å²) in [6, 6.07) is 4.57. The first-order chi connectivity index (χ1) is 11.6. The second kappa shape index (κ2) is 7.22. The second-order valence-electron chi connectivity index (χ2n) is 5.55. The highest BCUT2D eigenvalue weighted by atomic mass is 16.5. The lowest BCUT2D eigenvalue weighted by Gasteiger charge is -2.10. The first kappa shape index (κ1) is 16.1. The zero-order chi connectivity index (χ0) is 16.9. The van der Waals surface area contributed by atoms with Crippen molar-refractivity contribution in [2.45, 2.75) is 25.9 Å². The van der Waals surface area contributed by atoms with Gasteiger partial charge >= 0.3 is 0 Å². The Morgan fingerprint density at radius 1 is 1.33 bits per heavy atom. The van der Waals surface area contributed by atoms with E-state index in [1.54, 1.807) is 13.0 Å². The minimum atomic E-state index is -0.390. The third kappa shape index (κ3) is 3.96. The number of amides is 2. The highest BCUT2D eigenvalue weighted by Crippen LogP contribution is 2.12. The number of rotatable bonds is 5. The SMILES string of the molecule is Cc1cc(NC(=O)c2ccnc(C(=O)NCC3CCCO3)c2)no1. The molecule has 126 valence electrons. The zero-order valence-electron chi connectivity index (χ0n) is 13.2. The first-order valence-electron chi connectivity index (χ1n) is 7.72. The summed E-state index contributed by atoms with van der Waals surface area (Å²) < 4.78 is 10.3. The fraction of sp³-hybridized carbons (Fsp3) is 0.375. The lowest BCUT2D eigenvalue weighted by atomic mass is 10.2. The highest BCUT2D eigenvalue weighted by molar-refractivity contribution is 6.05. The van der Waals surface area contributed by atoms with E-state index < -0.39 is 0 Å². The van der Waals surface area contributed by atoms with Crippen LogP contribution < -0.4 is 10.6 Å². The average molecular weight is 330 g/mol. The van der Waals surface area contributed by atoms with E-state index in [4.69, 9.17) is 9.26 Å². The van der Waals surface area contributed by atoms with Gasteiger partial charge in [-0.05, 0) is 31.9 Å². The van der Waals surface area contributed by atoms with Gasteiger partial charge in [0, 0.05) is 31.0 Å². The average Bonchev–Trinajstić information content (AvgIpc) is 3.24. The second-order valence-corrected chi connectivity index (χ2v) is 5.55. The number of aromatic nitrogens is 2. The van der Waals surface area contributed by atoms with Gasteiger partial charge in [0.2, 0.25) is 0 Å². The molecule has 0 radical (unpaired) electrons. The van der Waals surface area contributed by atoms with Crippen molar-refractivity contribution >= 4 is 17.6 Å². The van der Waals surface area contributed by atoms with Crippen molar-refractivity contribution in [3.63, 3.8) is 0 Å². The van der Waals surface area contributed by atoms with Crippen LogP contribution >= 0.6 is 0 Å². The summed E-state index contributed by atoms with van der Waals surface area (Å²) in [5.41, 5.74) is 0.491. The van der Waals surface area contributed by atoms with E-state index in [9.17, 15) is 9.59 Å². The van der Waals surface area contributed by atoms with Gasteiger partial charge in [-0.25, -0.2) is 0 Å². The molecule has 1 atom stereocenters. The normalized spacial score (nSPS) is 16.8. The number of hydrogen-bond donors (Lipinski definition) is 2. The number of carbonyl (C=O) groups excluding carboxylic acids is 2. The van der Waals surface area contributed by atoms with Crippen molar-refractivity contribution < 1.29 is 18.8 Å². The van der Waals surface area contributed by atoms with Crippen molar-refractivity contribution in [1.82, 2.24) is 15.5 Å². The molecule has 2 N–H and O–H groups in total. The van der Waals surface area contributed by atoms with Crippen LogP contribution in [-0.2, 0) is 4.74 Å². The predicted octanol–water partition coefficient (Wildman–Crippen LogP) is 1.54. The Hall–Kier alpha value is -2.74. The maximum atomic E-state index is 12.2. The van der Waals surface area contributed by atoms with Crippen molar-refractivity contribution in [2.75, 3.05) is 18.5 Å². The van der Waals surface area contributed by atoms with Crippen LogP contribution in [0.5, 0.6) is 0 Å². The number of pyridine rings is 1. The van der Waals surface area contributed by atoms with E-state index in [1.165, 1.54) is 18.3 Å². The predicted molar refractivity (Wildman–Crippen MR) is 84.7 cm³/mol. The van der Waals surface area contributed by atoms with Gasteiger partial charge < -0.3 is 19.9 Å². The van der Waals surface area contributed by atoms with Gasteiger partial charge in [0.15, 0.2) is 5.82 Å². The molecular weight excluding hydrogens is 312 g/mol. The Balaban J connectivity index is 1.62. The number of anilines is 1. The maximum Gasteiger partial charge on any atom is 0.269 e. The molecule has 8 heteroatoms. The van der Waals surface area contributed by atoms with Crippen molar-refractivity contribution in [3.8, 4) is 0 Å². The summed E-state index contributed by atoms with van der Waals surface area (Å²) in [6.45, 7) is 2.90. The van der Waals surface area contributed by atoms with Crippen LogP contribution in [0.15, 0.2) is 28.9 Å². The molecule has 3 rings (SSSR count). The van der Waals surface area contributed by atoms with Gasteiger partial charge in [0.25, 0.3) is 11.8 Å². The molecule has 0 aliphatic carbocycles. The molecule has 1 saturated heterocycles. The Kier molecular flexibility index (Phi) is 4.85. The summed E-state index contributed by atoms with van der Waals surface area (Å²) in [4.78, 5) is 28.4. The lowest BCUT2D eigenvalue weighted by molar-refractivity contribution is 0.0853. The molecule has 2 aromatic rings. The van der Waals surface area contributed by atoms with Crippen molar-refractivity contribution in [3.05, 3.63) is 41.4 Å². The fourth-order valence-electron chi connectivity index (χ4n) is 2.41. The molecule has 3 heterocycles. The zero-order valence-corrected chi connectivity index (χ0v) is 13.2. The van der Waals surface area contributed by atoms with Gasteiger partial charge in [0.1, 0.15) is 11.5 Å². The van der Waals surface area contributed by atoms with Crippen LogP contribution in [0.2, 0.25) is 0 Å². The number of nitrogens with one attached hydrogen (secondary N) is 2. The van der Waals surface area contributed by atoms with Gasteiger partial charge in [-0.15, -0.1) is 0 Å². The van der Waals surface area contributed by atoms with Gasteiger partial charge in [-0.3, -0.25) is 14.6 Å². The molecule has 2 aromatic heterocycles. The first-order valence-corrected chi connectivity index (χ1v) is 7.72. The quantitative estimate of drug-likeness (QED) is 0.861. The Morgan fingerprint density at radius 3 is 2.92 bits per heavy atom. The largest absolute Gasteiger partial charge is 0.376 e. The minimum absolute atomic E-state index is 0.0517. The van der Waals surface area contributed by atoms with Crippen molar-refractivity contribution in [1.29, 1.82) is 0 Å². The number of ether oxygens (including phenoxy) is 1. The lowest BCUT2D eigenvalue weighted by Crippen LogP contribution is -2.32. The molecule has 2 amide bonds. The van der Waals surface area contributed by atoms with E-state index in [-0.39, 0.29) is 23.6 Å². The van der Waals surface area contributed by atoms with Gasteiger partial charge in [0.05, 0.1) is 6.10 Å². The van der Waals surface area contributed by atoms with E-state index in [0.717, 1.165) is 19.4 Å². The summed E-state index contributed by atoms with van der Waals surface area (Å²) in [5.74, 6) is 0.184. The van der Waals surface area contributed by atoms with Gasteiger partial charge in [-0.2, -0.15) is 0 Å². The molecule has 24 heavy (non-hydrogen) atoms. The molecule has 1 unspecified atom stereocenters. The molecular formula is C16H18N4O4. The summed E-state index contributed by atoms with van der Waals surface area (Å²) >= 11 is 0. The van der Waals surface area contributed by atoms with Crippen LogP contribution in [0, 0.1) is 6.92 Å². The molecule has 0 spiro atoms. The van der Waals surface area contributed by atoms with Crippen LogP contribution in [0.3, 0.4) is 0 Å². The monoisotopic (exact) mass is 330 g/mol. The van der Waals surface area contributed by atoms with Crippen LogP contribution in [-0.4, -0.2) is 41.2 Å². The summed E-state index contributed by atoms with van der Waals surface area (Å²) in [7, 11) is 0. The van der Waals surface area contributed by atoms with Crippen LogP contribution in [0.4, 0.5) is 5.82 Å². The molecule has 0 bridgehead atoms. The van der Waals surface area contributed by atoms with Gasteiger partial charge in [-0.1, -0.05) is 5.16 Å². The molecule has 8 nitrogen and oxygen atoms in total. The van der Waals surface area contributed by atoms with E-state index in [1.807, 2.05) is 0 Å². The molecule has 1 aliphatic heterocycles. The Labute approximate surface area is 138 Å². The van der Waals surface area contributed by atoms with Crippen LogP contribution in [0.1, 0.15) is 39.4 Å². The summed E-state index contributed by atoms with van der Waals surface area (Å²) in [5, 5.41) is 9.07. The fourth-order valence-corrected chi connectivity index (χ4v) is 2.41. The molecule has 1 aliphatic rings. The summed E-state index contributed by atoms with van der Waals surface area (Å²) in [6.07, 6.45) is 3.42. The third-order valence-electron chi connectivity index (χ3n) is 3.64. The molecule has 0 saturated carbocycles. The molecule has 0 aromatic carbocycles. The Morgan fingerprint density at radius 2 is 2.21 bits per heavy atom. The van der Waals surface area contributed by atoms with E-state index in [0.29, 0.717) is 23.7 Å². The smallest absolute Gasteiger partial charge is 0.269 e. The number of hydrogen-bond acceptors (Lipinski definition) is 6. The number of carbonyl (C=O) groups is 2. The Bertz CT molecular complexity index is 737. The number of aryl methyl sites for hydroxylation is 1.